The van der Waals surface area contributed by atoms with Crippen molar-refractivity contribution >= 4 is 17.7 Å². The first kappa shape index (κ1) is 17.8. The van der Waals surface area contributed by atoms with Gasteiger partial charge in [-0.1, -0.05) is 12.1 Å². The zero-order valence-corrected chi connectivity index (χ0v) is 13.8. The molecule has 0 saturated carbocycles. The van der Waals surface area contributed by atoms with Crippen molar-refractivity contribution < 1.29 is 19.1 Å². The fraction of sp³-hybridized carbons (Fsp3) is 0.471. The lowest BCUT2D eigenvalue weighted by atomic mass is 10.1. The van der Waals surface area contributed by atoms with Crippen molar-refractivity contribution in [2.75, 3.05) is 20.2 Å². The molecule has 1 heterocycles. The SMILES string of the molecule is COc1ccc(CC(=O)NCCC(=O)N2CCCC2C(N)=O)cc1. The molecule has 3 N–H and O–H groups in total. The number of carbonyl (C=O) groups excluding carboxylic acids is 3. The molecule has 3 amide bonds. The standard InChI is InChI=1S/C17H23N3O4/c1-24-13-6-4-12(5-7-13)11-15(21)19-9-8-16(22)20-10-2-3-14(20)17(18)23/h4-7,14H,2-3,8-11H2,1H3,(H2,18,23)(H,19,21). The number of benzene rings is 1. The molecule has 1 atom stereocenters. The van der Waals surface area contributed by atoms with E-state index in [1.165, 1.54) is 4.90 Å². The van der Waals surface area contributed by atoms with Crippen LogP contribution in [0.4, 0.5) is 0 Å². The average molecular weight is 333 g/mol. The van der Waals surface area contributed by atoms with Crippen molar-refractivity contribution in [3.8, 4) is 5.75 Å². The highest BCUT2D eigenvalue weighted by Crippen LogP contribution is 2.17. The molecule has 1 aromatic rings. The summed E-state index contributed by atoms with van der Waals surface area (Å²) in [6.07, 6.45) is 1.80. The molecule has 1 aromatic carbocycles. The lowest BCUT2D eigenvalue weighted by molar-refractivity contribution is -0.137. The molecule has 1 unspecified atom stereocenters. The third-order valence-electron chi connectivity index (χ3n) is 4.09. The first-order valence-electron chi connectivity index (χ1n) is 7.99. The number of likely N-dealkylation sites (tertiary alicyclic amines) is 1. The number of rotatable bonds is 7. The van der Waals surface area contributed by atoms with Crippen LogP contribution < -0.4 is 15.8 Å². The molecule has 1 aliphatic rings. The maximum absolute atomic E-state index is 12.1. The van der Waals surface area contributed by atoms with Crippen molar-refractivity contribution in [3.05, 3.63) is 29.8 Å². The maximum Gasteiger partial charge on any atom is 0.240 e. The Bertz CT molecular complexity index is 600. The molecule has 130 valence electrons. The summed E-state index contributed by atoms with van der Waals surface area (Å²) in [5, 5.41) is 2.72. The van der Waals surface area contributed by atoms with Crippen molar-refractivity contribution in [2.45, 2.75) is 31.7 Å². The number of hydrogen-bond donors (Lipinski definition) is 2. The molecule has 1 aliphatic heterocycles. The topological polar surface area (TPSA) is 102 Å². The molecule has 0 aliphatic carbocycles. The van der Waals surface area contributed by atoms with Gasteiger partial charge in [-0.05, 0) is 30.5 Å². The van der Waals surface area contributed by atoms with Gasteiger partial charge < -0.3 is 20.7 Å². The quantitative estimate of drug-likeness (QED) is 0.745. The fourth-order valence-corrected chi connectivity index (χ4v) is 2.80. The van der Waals surface area contributed by atoms with Crippen LogP contribution in [0.1, 0.15) is 24.8 Å². The van der Waals surface area contributed by atoms with Gasteiger partial charge in [-0.25, -0.2) is 0 Å². The Morgan fingerprint density at radius 3 is 2.62 bits per heavy atom. The van der Waals surface area contributed by atoms with Crippen LogP contribution in [0.2, 0.25) is 0 Å². The first-order valence-corrected chi connectivity index (χ1v) is 7.99. The summed E-state index contributed by atoms with van der Waals surface area (Å²) in [5.74, 6) is -0.0364. The predicted molar refractivity (Wildman–Crippen MR) is 88.3 cm³/mol. The number of ether oxygens (including phenoxy) is 1. The van der Waals surface area contributed by atoms with Crippen molar-refractivity contribution in [1.29, 1.82) is 0 Å². The van der Waals surface area contributed by atoms with Crippen molar-refractivity contribution in [3.63, 3.8) is 0 Å². The van der Waals surface area contributed by atoms with E-state index in [4.69, 9.17) is 10.5 Å². The van der Waals surface area contributed by atoms with Gasteiger partial charge in [0, 0.05) is 19.5 Å². The van der Waals surface area contributed by atoms with E-state index in [1.807, 2.05) is 12.1 Å². The number of nitrogens with two attached hydrogens (primary N) is 1. The second-order valence-electron chi connectivity index (χ2n) is 5.77. The molecule has 0 radical (unpaired) electrons. The fourth-order valence-electron chi connectivity index (χ4n) is 2.80. The van der Waals surface area contributed by atoms with E-state index >= 15 is 0 Å². The smallest absolute Gasteiger partial charge is 0.240 e. The van der Waals surface area contributed by atoms with Gasteiger partial charge in [-0.3, -0.25) is 14.4 Å². The van der Waals surface area contributed by atoms with E-state index in [2.05, 4.69) is 5.32 Å². The summed E-state index contributed by atoms with van der Waals surface area (Å²) in [7, 11) is 1.59. The Labute approximate surface area is 141 Å². The number of nitrogens with one attached hydrogen (secondary N) is 1. The maximum atomic E-state index is 12.1. The number of methoxy groups -OCH3 is 1. The minimum atomic E-state index is -0.507. The minimum Gasteiger partial charge on any atom is -0.497 e. The van der Waals surface area contributed by atoms with Gasteiger partial charge in [0.1, 0.15) is 11.8 Å². The molecular weight excluding hydrogens is 310 g/mol. The van der Waals surface area contributed by atoms with Gasteiger partial charge in [0.2, 0.25) is 17.7 Å². The average Bonchev–Trinajstić information content (AvgIpc) is 3.05. The van der Waals surface area contributed by atoms with Crippen LogP contribution in [0, 0.1) is 0 Å². The molecule has 0 spiro atoms. The Balaban J connectivity index is 1.73. The molecule has 0 bridgehead atoms. The van der Waals surface area contributed by atoms with E-state index in [0.717, 1.165) is 17.7 Å². The number of hydrogen-bond acceptors (Lipinski definition) is 4. The van der Waals surface area contributed by atoms with Crippen molar-refractivity contribution in [1.82, 2.24) is 10.2 Å². The van der Waals surface area contributed by atoms with Crippen LogP contribution in [0.25, 0.3) is 0 Å². The summed E-state index contributed by atoms with van der Waals surface area (Å²) in [6.45, 7) is 0.794. The number of nitrogens with zero attached hydrogens (tertiary/aromatic N) is 1. The molecule has 7 heteroatoms. The molecular formula is C17H23N3O4. The number of amides is 3. The van der Waals surface area contributed by atoms with E-state index in [1.54, 1.807) is 19.2 Å². The Morgan fingerprint density at radius 2 is 2.00 bits per heavy atom. The van der Waals surface area contributed by atoms with Crippen LogP contribution in [0.3, 0.4) is 0 Å². The van der Waals surface area contributed by atoms with Gasteiger partial charge >= 0.3 is 0 Å². The highest BCUT2D eigenvalue weighted by molar-refractivity contribution is 5.87. The van der Waals surface area contributed by atoms with Gasteiger partial charge in [0.15, 0.2) is 0 Å². The highest BCUT2D eigenvalue weighted by atomic mass is 16.5. The zero-order valence-electron chi connectivity index (χ0n) is 13.8. The second-order valence-corrected chi connectivity index (χ2v) is 5.77. The summed E-state index contributed by atoms with van der Waals surface area (Å²) in [4.78, 5) is 36.8. The van der Waals surface area contributed by atoms with E-state index in [9.17, 15) is 14.4 Å². The number of carbonyl (C=O) groups is 3. The second kappa shape index (κ2) is 8.33. The van der Waals surface area contributed by atoms with Crippen LogP contribution in [0.15, 0.2) is 24.3 Å². The van der Waals surface area contributed by atoms with E-state index in [0.29, 0.717) is 13.0 Å². The van der Waals surface area contributed by atoms with Crippen LogP contribution in [-0.4, -0.2) is 48.9 Å². The minimum absolute atomic E-state index is 0.152. The first-order chi connectivity index (χ1) is 11.5. The monoisotopic (exact) mass is 333 g/mol. The number of primary amides is 1. The Hall–Kier alpha value is -2.57. The van der Waals surface area contributed by atoms with Gasteiger partial charge in [0.25, 0.3) is 0 Å². The highest BCUT2D eigenvalue weighted by Gasteiger charge is 2.32. The van der Waals surface area contributed by atoms with Gasteiger partial charge in [0.05, 0.1) is 13.5 Å². The zero-order chi connectivity index (χ0) is 17.5. The molecule has 1 fully saturated rings. The molecule has 24 heavy (non-hydrogen) atoms. The summed E-state index contributed by atoms with van der Waals surface area (Å²) in [6, 6.07) is 6.73. The Kier molecular flexibility index (Phi) is 6.17. The predicted octanol–water partition coefficient (Wildman–Crippen LogP) is 0.220. The lowest BCUT2D eigenvalue weighted by Gasteiger charge is -2.22. The van der Waals surface area contributed by atoms with Crippen molar-refractivity contribution in [2.24, 2.45) is 5.73 Å². The molecule has 1 saturated heterocycles. The largest absolute Gasteiger partial charge is 0.497 e. The van der Waals surface area contributed by atoms with Gasteiger partial charge in [-0.15, -0.1) is 0 Å². The molecule has 7 nitrogen and oxygen atoms in total. The third-order valence-corrected chi connectivity index (χ3v) is 4.09. The molecule has 2 rings (SSSR count). The Morgan fingerprint density at radius 1 is 1.29 bits per heavy atom. The van der Waals surface area contributed by atoms with Gasteiger partial charge in [-0.2, -0.15) is 0 Å². The summed E-state index contributed by atoms with van der Waals surface area (Å²) >= 11 is 0. The van der Waals surface area contributed by atoms with Crippen LogP contribution in [0.5, 0.6) is 5.75 Å². The van der Waals surface area contributed by atoms with E-state index in [-0.39, 0.29) is 31.2 Å². The molecule has 0 aromatic heterocycles. The van der Waals surface area contributed by atoms with E-state index < -0.39 is 11.9 Å². The third kappa shape index (κ3) is 4.71. The van der Waals surface area contributed by atoms with Crippen LogP contribution in [-0.2, 0) is 20.8 Å². The van der Waals surface area contributed by atoms with Crippen LogP contribution >= 0.6 is 0 Å². The summed E-state index contributed by atoms with van der Waals surface area (Å²) < 4.78 is 5.06. The lowest BCUT2D eigenvalue weighted by Crippen LogP contribution is -2.44. The normalized spacial score (nSPS) is 16.7. The summed E-state index contributed by atoms with van der Waals surface area (Å²) in [5.41, 5.74) is 6.17.